The maximum absolute atomic E-state index is 14.5. The van der Waals surface area contributed by atoms with Gasteiger partial charge in [-0.2, -0.15) is 13.2 Å². The number of rotatable bonds is 7. The molecule has 1 unspecified atom stereocenters. The number of hydrogen-bond donors (Lipinski definition) is 2. The SMILES string of the molecule is Cc1ccc(-c2nc(C(F)(F)F)ccc2NC(=O)C(C)c2ccc(CNS(C)(=O)=O)c(F)c2)cn1. The highest BCUT2D eigenvalue weighted by molar-refractivity contribution is 7.88. The van der Waals surface area contributed by atoms with Gasteiger partial charge >= 0.3 is 6.18 Å². The fraction of sp³-hybridized carbons (Fsp3) is 0.261. The van der Waals surface area contributed by atoms with E-state index in [4.69, 9.17) is 0 Å². The van der Waals surface area contributed by atoms with E-state index in [-0.39, 0.29) is 29.1 Å². The zero-order valence-electron chi connectivity index (χ0n) is 18.9. The molecular formula is C23H22F4N4O3S. The van der Waals surface area contributed by atoms with E-state index in [1.54, 1.807) is 19.1 Å². The van der Waals surface area contributed by atoms with Crippen molar-refractivity contribution in [3.8, 4) is 11.3 Å². The first kappa shape index (κ1) is 26.2. The average molecular weight is 511 g/mol. The van der Waals surface area contributed by atoms with Crippen LogP contribution in [0.5, 0.6) is 0 Å². The Morgan fingerprint density at radius 1 is 1.11 bits per heavy atom. The van der Waals surface area contributed by atoms with Crippen molar-refractivity contribution in [1.29, 1.82) is 0 Å². The molecule has 0 aliphatic carbocycles. The number of anilines is 1. The lowest BCUT2D eigenvalue weighted by atomic mass is 9.98. The third-order valence-corrected chi connectivity index (χ3v) is 5.79. The summed E-state index contributed by atoms with van der Waals surface area (Å²) in [6.45, 7) is 2.97. The highest BCUT2D eigenvalue weighted by Gasteiger charge is 2.33. The van der Waals surface area contributed by atoms with Gasteiger partial charge in [-0.15, -0.1) is 0 Å². The lowest BCUT2D eigenvalue weighted by Gasteiger charge is -2.17. The van der Waals surface area contributed by atoms with Crippen LogP contribution >= 0.6 is 0 Å². The van der Waals surface area contributed by atoms with Crippen LogP contribution in [-0.4, -0.2) is 30.5 Å². The minimum Gasteiger partial charge on any atom is -0.324 e. The number of aryl methyl sites for hydroxylation is 1. The van der Waals surface area contributed by atoms with Gasteiger partial charge in [-0.25, -0.2) is 22.5 Å². The van der Waals surface area contributed by atoms with Crippen LogP contribution in [0.15, 0.2) is 48.7 Å². The highest BCUT2D eigenvalue weighted by Crippen LogP contribution is 2.33. The summed E-state index contributed by atoms with van der Waals surface area (Å²) in [5.74, 6) is -2.19. The number of pyridine rings is 2. The summed E-state index contributed by atoms with van der Waals surface area (Å²) in [5, 5.41) is 2.57. The second kappa shape index (κ2) is 10.1. The summed E-state index contributed by atoms with van der Waals surface area (Å²) < 4.78 is 78.8. The fourth-order valence-electron chi connectivity index (χ4n) is 3.12. The molecule has 2 heterocycles. The van der Waals surface area contributed by atoms with Crippen LogP contribution < -0.4 is 10.0 Å². The van der Waals surface area contributed by atoms with E-state index in [0.717, 1.165) is 24.5 Å². The van der Waals surface area contributed by atoms with Crippen molar-refractivity contribution in [1.82, 2.24) is 14.7 Å². The van der Waals surface area contributed by atoms with Crippen molar-refractivity contribution in [3.63, 3.8) is 0 Å². The number of benzene rings is 1. The van der Waals surface area contributed by atoms with E-state index in [2.05, 4.69) is 20.0 Å². The zero-order chi connectivity index (χ0) is 26.0. The van der Waals surface area contributed by atoms with E-state index >= 15 is 0 Å². The van der Waals surface area contributed by atoms with Crippen LogP contribution in [0.4, 0.5) is 23.2 Å². The molecule has 12 heteroatoms. The van der Waals surface area contributed by atoms with Gasteiger partial charge in [0.05, 0.1) is 23.6 Å². The molecule has 0 fully saturated rings. The Kier molecular flexibility index (Phi) is 7.56. The maximum atomic E-state index is 14.5. The largest absolute Gasteiger partial charge is 0.433 e. The third kappa shape index (κ3) is 6.83. The highest BCUT2D eigenvalue weighted by atomic mass is 32.2. The van der Waals surface area contributed by atoms with Crippen LogP contribution in [0.1, 0.15) is 35.4 Å². The average Bonchev–Trinajstić information content (AvgIpc) is 2.77. The van der Waals surface area contributed by atoms with Gasteiger partial charge in [-0.3, -0.25) is 9.78 Å². The number of alkyl halides is 3. The molecular weight excluding hydrogens is 488 g/mol. The fourth-order valence-corrected chi connectivity index (χ4v) is 3.54. The number of hydrogen-bond acceptors (Lipinski definition) is 5. The Morgan fingerprint density at radius 2 is 1.83 bits per heavy atom. The van der Waals surface area contributed by atoms with Crippen LogP contribution in [0.2, 0.25) is 0 Å². The second-order valence-electron chi connectivity index (χ2n) is 7.93. The molecule has 0 radical (unpaired) electrons. The summed E-state index contributed by atoms with van der Waals surface area (Å²) in [6.07, 6.45) is -2.38. The maximum Gasteiger partial charge on any atom is 0.433 e. The molecule has 0 aliphatic rings. The van der Waals surface area contributed by atoms with E-state index in [1.165, 1.54) is 25.3 Å². The van der Waals surface area contributed by atoms with Crippen LogP contribution in [0.25, 0.3) is 11.3 Å². The Labute approximate surface area is 199 Å². The van der Waals surface area contributed by atoms with E-state index in [1.807, 2.05) is 0 Å². The van der Waals surface area contributed by atoms with Gasteiger partial charge < -0.3 is 5.32 Å². The Bertz CT molecular complexity index is 1340. The number of halogens is 4. The number of nitrogens with zero attached hydrogens (tertiary/aromatic N) is 2. The summed E-state index contributed by atoms with van der Waals surface area (Å²) in [4.78, 5) is 20.7. The summed E-state index contributed by atoms with van der Waals surface area (Å²) in [5.41, 5.74) is 0.112. The van der Waals surface area contributed by atoms with Crippen molar-refractivity contribution >= 4 is 21.6 Å². The number of amides is 1. The monoisotopic (exact) mass is 510 g/mol. The molecule has 3 aromatic rings. The van der Waals surface area contributed by atoms with Gasteiger partial charge in [0.1, 0.15) is 11.5 Å². The Balaban J connectivity index is 1.87. The van der Waals surface area contributed by atoms with Crippen molar-refractivity contribution in [2.75, 3.05) is 11.6 Å². The molecule has 0 aliphatic heterocycles. The first-order valence-electron chi connectivity index (χ1n) is 10.3. The zero-order valence-corrected chi connectivity index (χ0v) is 19.8. The summed E-state index contributed by atoms with van der Waals surface area (Å²) in [7, 11) is -3.52. The molecule has 2 aromatic heterocycles. The van der Waals surface area contributed by atoms with Crippen molar-refractivity contribution in [2.45, 2.75) is 32.5 Å². The number of nitrogens with one attached hydrogen (secondary N) is 2. The molecule has 3 rings (SSSR count). The van der Waals surface area contributed by atoms with Gasteiger partial charge in [0, 0.05) is 29.6 Å². The first-order valence-corrected chi connectivity index (χ1v) is 12.2. The molecule has 1 amide bonds. The lowest BCUT2D eigenvalue weighted by Crippen LogP contribution is -2.22. The smallest absolute Gasteiger partial charge is 0.324 e. The van der Waals surface area contributed by atoms with Crippen LogP contribution in [0, 0.1) is 12.7 Å². The molecule has 1 aromatic carbocycles. The van der Waals surface area contributed by atoms with Crippen LogP contribution in [0.3, 0.4) is 0 Å². The van der Waals surface area contributed by atoms with Gasteiger partial charge in [-0.1, -0.05) is 12.1 Å². The number of aromatic nitrogens is 2. The lowest BCUT2D eigenvalue weighted by molar-refractivity contribution is -0.141. The quantitative estimate of drug-likeness (QED) is 0.459. The topological polar surface area (TPSA) is 101 Å². The van der Waals surface area contributed by atoms with Gasteiger partial charge in [0.2, 0.25) is 15.9 Å². The molecule has 35 heavy (non-hydrogen) atoms. The standard InChI is InChI=1S/C23H22F4N4O3S/c1-13-4-5-17(11-28-13)21-19(8-9-20(31-21)23(25,26)27)30-22(32)14(2)15-6-7-16(18(24)10-15)12-29-35(3,33)34/h4-11,14,29H,12H2,1-3H3,(H,30,32). The van der Waals surface area contributed by atoms with Gasteiger partial charge in [0.15, 0.2) is 0 Å². The molecule has 0 saturated heterocycles. The molecule has 7 nitrogen and oxygen atoms in total. The minimum absolute atomic E-state index is 0.0370. The number of sulfonamides is 1. The first-order chi connectivity index (χ1) is 16.2. The molecule has 2 N–H and O–H groups in total. The van der Waals surface area contributed by atoms with Gasteiger partial charge in [0.25, 0.3) is 0 Å². The number of carbonyl (C=O) groups excluding carboxylic acids is 1. The second-order valence-corrected chi connectivity index (χ2v) is 9.77. The minimum atomic E-state index is -4.69. The van der Waals surface area contributed by atoms with Crippen LogP contribution in [-0.2, 0) is 27.5 Å². The van der Waals surface area contributed by atoms with Crippen molar-refractivity contribution < 1.29 is 30.8 Å². The predicted molar refractivity (Wildman–Crippen MR) is 122 cm³/mol. The summed E-state index contributed by atoms with van der Waals surface area (Å²) in [6, 6.07) is 8.96. The van der Waals surface area contributed by atoms with E-state index in [9.17, 15) is 30.8 Å². The Morgan fingerprint density at radius 3 is 2.40 bits per heavy atom. The van der Waals surface area contributed by atoms with E-state index < -0.39 is 39.5 Å². The number of carbonyl (C=O) groups is 1. The van der Waals surface area contributed by atoms with Crippen molar-refractivity contribution in [2.24, 2.45) is 0 Å². The van der Waals surface area contributed by atoms with E-state index in [0.29, 0.717) is 11.3 Å². The molecule has 0 saturated carbocycles. The molecule has 0 spiro atoms. The molecule has 186 valence electrons. The van der Waals surface area contributed by atoms with Gasteiger partial charge in [-0.05, 0) is 49.7 Å². The van der Waals surface area contributed by atoms with Crippen molar-refractivity contribution in [3.05, 3.63) is 77.0 Å². The molecule has 0 bridgehead atoms. The molecule has 1 atom stereocenters. The Hall–Kier alpha value is -3.38. The summed E-state index contributed by atoms with van der Waals surface area (Å²) >= 11 is 0. The normalized spacial score (nSPS) is 12.9. The third-order valence-electron chi connectivity index (χ3n) is 5.12. The predicted octanol–water partition coefficient (Wildman–Crippen LogP) is 4.40.